The van der Waals surface area contributed by atoms with Crippen molar-refractivity contribution in [3.8, 4) is 5.75 Å². The molecule has 0 saturated carbocycles. The summed E-state index contributed by atoms with van der Waals surface area (Å²) in [5.41, 5.74) is 4.62. The van der Waals surface area contributed by atoms with Crippen molar-refractivity contribution in [2.75, 3.05) is 20.2 Å². The Labute approximate surface area is 173 Å². The smallest absolute Gasteiger partial charge is 0.191 e. The molecule has 0 atom stereocenters. The zero-order valence-corrected chi connectivity index (χ0v) is 18.6. The highest BCUT2D eigenvalue weighted by molar-refractivity contribution is 14.0. The maximum atomic E-state index is 5.27. The summed E-state index contributed by atoms with van der Waals surface area (Å²) in [4.78, 5) is 4.70. The molecule has 1 aromatic heterocycles. The molecule has 1 heterocycles. The zero-order valence-electron chi connectivity index (χ0n) is 16.3. The van der Waals surface area contributed by atoms with Crippen molar-refractivity contribution in [2.45, 2.75) is 33.7 Å². The molecule has 2 N–H and O–H groups in total. The highest BCUT2D eigenvalue weighted by Gasteiger charge is 2.09. The van der Waals surface area contributed by atoms with E-state index in [2.05, 4.69) is 41.7 Å². The van der Waals surface area contributed by atoms with E-state index < -0.39 is 0 Å². The summed E-state index contributed by atoms with van der Waals surface area (Å²) in [6, 6.07) is 8.15. The number of guanidine groups is 1. The number of nitrogens with one attached hydrogen (secondary N) is 2. The van der Waals surface area contributed by atoms with Crippen LogP contribution in [0.25, 0.3) is 0 Å². The number of hydrogen-bond acceptors (Lipinski definition) is 3. The number of methoxy groups -OCH3 is 1. The lowest BCUT2D eigenvalue weighted by Gasteiger charge is -2.12. The number of halogens is 1. The van der Waals surface area contributed by atoms with Crippen LogP contribution in [0.2, 0.25) is 0 Å². The molecule has 7 heteroatoms. The fraction of sp³-hybridized carbons (Fsp3) is 0.474. The van der Waals surface area contributed by atoms with Gasteiger partial charge in [0.2, 0.25) is 0 Å². The molecular formula is C19H30IN5O. The number of rotatable bonds is 7. The molecule has 0 aliphatic carbocycles. The Bertz CT molecular complexity index is 727. The van der Waals surface area contributed by atoms with Gasteiger partial charge < -0.3 is 15.4 Å². The molecule has 2 aromatic rings. The summed E-state index contributed by atoms with van der Waals surface area (Å²) in [7, 11) is 3.66. The van der Waals surface area contributed by atoms with Crippen molar-refractivity contribution in [1.82, 2.24) is 20.4 Å². The highest BCUT2D eigenvalue weighted by atomic mass is 127. The summed E-state index contributed by atoms with van der Waals surface area (Å²) in [6.07, 6.45) is 0.909. The lowest BCUT2D eigenvalue weighted by atomic mass is 10.1. The molecule has 0 aliphatic heterocycles. The standard InChI is InChI=1S/C19H29N5O.HI/c1-6-20-19(22-13-18-14(2)23-24(4)15(18)3)21-11-10-16-8-7-9-17(12-16)25-5;/h7-9,12H,6,10-11,13H2,1-5H3,(H2,20,21,22);1H. The van der Waals surface area contributed by atoms with Gasteiger partial charge in [-0.25, -0.2) is 4.99 Å². The predicted octanol–water partition coefficient (Wildman–Crippen LogP) is 2.96. The Morgan fingerprint density at radius 1 is 1.27 bits per heavy atom. The summed E-state index contributed by atoms with van der Waals surface area (Å²) in [6.45, 7) is 8.44. The van der Waals surface area contributed by atoms with Gasteiger partial charge in [0, 0.05) is 31.4 Å². The van der Waals surface area contributed by atoms with E-state index in [9.17, 15) is 0 Å². The average Bonchev–Trinajstić information content (AvgIpc) is 2.85. The Balaban J connectivity index is 0.00000338. The van der Waals surface area contributed by atoms with Crippen LogP contribution >= 0.6 is 24.0 Å². The fourth-order valence-electron chi connectivity index (χ4n) is 2.70. The van der Waals surface area contributed by atoms with Gasteiger partial charge in [0.05, 0.1) is 19.3 Å². The first-order valence-electron chi connectivity index (χ1n) is 8.69. The number of aromatic nitrogens is 2. The van der Waals surface area contributed by atoms with Crippen LogP contribution in [0.15, 0.2) is 29.3 Å². The van der Waals surface area contributed by atoms with E-state index in [1.54, 1.807) is 7.11 Å². The molecule has 6 nitrogen and oxygen atoms in total. The summed E-state index contributed by atoms with van der Waals surface area (Å²) in [5, 5.41) is 11.1. The Hall–Kier alpha value is -1.77. The van der Waals surface area contributed by atoms with Gasteiger partial charge in [0.25, 0.3) is 0 Å². The van der Waals surface area contributed by atoms with E-state index in [4.69, 9.17) is 9.73 Å². The van der Waals surface area contributed by atoms with Crippen LogP contribution in [0, 0.1) is 13.8 Å². The van der Waals surface area contributed by atoms with Crippen molar-refractivity contribution >= 4 is 29.9 Å². The molecule has 0 amide bonds. The molecule has 26 heavy (non-hydrogen) atoms. The second-order valence-corrected chi connectivity index (χ2v) is 6.00. The Kier molecular flexibility index (Phi) is 9.47. The van der Waals surface area contributed by atoms with Crippen LogP contribution in [0.4, 0.5) is 0 Å². The third kappa shape index (κ3) is 6.19. The number of nitrogens with zero attached hydrogens (tertiary/aromatic N) is 3. The van der Waals surface area contributed by atoms with E-state index in [1.807, 2.05) is 30.8 Å². The molecule has 0 radical (unpaired) electrons. The van der Waals surface area contributed by atoms with E-state index in [0.29, 0.717) is 6.54 Å². The number of hydrogen-bond donors (Lipinski definition) is 2. The van der Waals surface area contributed by atoms with Gasteiger partial charge in [0.15, 0.2) is 5.96 Å². The molecular weight excluding hydrogens is 441 g/mol. The second kappa shape index (κ2) is 11.1. The maximum Gasteiger partial charge on any atom is 0.191 e. The molecule has 144 valence electrons. The minimum absolute atomic E-state index is 0. The monoisotopic (exact) mass is 471 g/mol. The average molecular weight is 471 g/mol. The highest BCUT2D eigenvalue weighted by Crippen LogP contribution is 2.13. The quantitative estimate of drug-likeness (QED) is 0.371. The van der Waals surface area contributed by atoms with Gasteiger partial charge in [-0.05, 0) is 44.9 Å². The second-order valence-electron chi connectivity index (χ2n) is 6.00. The molecule has 2 rings (SSSR count). The van der Waals surface area contributed by atoms with E-state index in [-0.39, 0.29) is 24.0 Å². The first kappa shape index (κ1) is 22.3. The summed E-state index contributed by atoms with van der Waals surface area (Å²) >= 11 is 0. The number of ether oxygens (including phenoxy) is 1. The van der Waals surface area contributed by atoms with Crippen LogP contribution in [-0.2, 0) is 20.0 Å². The first-order chi connectivity index (χ1) is 12.0. The fourth-order valence-corrected chi connectivity index (χ4v) is 2.70. The van der Waals surface area contributed by atoms with Crippen molar-refractivity contribution in [2.24, 2.45) is 12.0 Å². The maximum absolute atomic E-state index is 5.27. The van der Waals surface area contributed by atoms with Gasteiger partial charge in [0.1, 0.15) is 5.75 Å². The number of benzene rings is 1. The molecule has 0 saturated heterocycles. The molecule has 0 bridgehead atoms. The van der Waals surface area contributed by atoms with Gasteiger partial charge >= 0.3 is 0 Å². The van der Waals surface area contributed by atoms with E-state index in [1.165, 1.54) is 11.1 Å². The van der Waals surface area contributed by atoms with Crippen molar-refractivity contribution < 1.29 is 4.74 Å². The summed E-state index contributed by atoms with van der Waals surface area (Å²) in [5.74, 6) is 1.72. The van der Waals surface area contributed by atoms with Gasteiger partial charge in [-0.3, -0.25) is 4.68 Å². The SMILES string of the molecule is CCNC(=NCc1c(C)nn(C)c1C)NCCc1cccc(OC)c1.I. The van der Waals surface area contributed by atoms with Crippen LogP contribution in [0.3, 0.4) is 0 Å². The third-order valence-electron chi connectivity index (χ3n) is 4.24. The normalized spacial score (nSPS) is 11.0. The molecule has 1 aromatic carbocycles. The third-order valence-corrected chi connectivity index (χ3v) is 4.24. The van der Waals surface area contributed by atoms with Crippen molar-refractivity contribution in [1.29, 1.82) is 0 Å². The van der Waals surface area contributed by atoms with Gasteiger partial charge in [-0.1, -0.05) is 12.1 Å². The Morgan fingerprint density at radius 3 is 2.65 bits per heavy atom. The van der Waals surface area contributed by atoms with Crippen molar-refractivity contribution in [3.05, 3.63) is 46.8 Å². The van der Waals surface area contributed by atoms with Gasteiger partial charge in [-0.15, -0.1) is 24.0 Å². The number of aliphatic imine (C=N–C) groups is 1. The topological polar surface area (TPSA) is 63.5 Å². The predicted molar refractivity (Wildman–Crippen MR) is 118 cm³/mol. The summed E-state index contributed by atoms with van der Waals surface area (Å²) < 4.78 is 7.17. The molecule has 0 aliphatic rings. The minimum Gasteiger partial charge on any atom is -0.497 e. The van der Waals surface area contributed by atoms with Crippen molar-refractivity contribution in [3.63, 3.8) is 0 Å². The molecule has 0 unspecified atom stereocenters. The zero-order chi connectivity index (χ0) is 18.2. The Morgan fingerprint density at radius 2 is 2.04 bits per heavy atom. The van der Waals surface area contributed by atoms with E-state index >= 15 is 0 Å². The lowest BCUT2D eigenvalue weighted by Crippen LogP contribution is -2.38. The van der Waals surface area contributed by atoms with Crippen LogP contribution in [-0.4, -0.2) is 35.9 Å². The molecule has 0 spiro atoms. The van der Waals surface area contributed by atoms with Gasteiger partial charge in [-0.2, -0.15) is 5.10 Å². The molecule has 0 fully saturated rings. The van der Waals surface area contributed by atoms with Crippen LogP contribution < -0.4 is 15.4 Å². The number of aryl methyl sites for hydroxylation is 2. The van der Waals surface area contributed by atoms with Crippen LogP contribution in [0.1, 0.15) is 29.4 Å². The lowest BCUT2D eigenvalue weighted by molar-refractivity contribution is 0.414. The first-order valence-corrected chi connectivity index (χ1v) is 8.69. The largest absolute Gasteiger partial charge is 0.497 e. The van der Waals surface area contributed by atoms with Crippen LogP contribution in [0.5, 0.6) is 5.75 Å². The van der Waals surface area contributed by atoms with E-state index in [0.717, 1.165) is 42.6 Å². The minimum atomic E-state index is 0.